The Labute approximate surface area is 210 Å². The third-order valence-electron chi connectivity index (χ3n) is 5.17. The molecule has 0 N–H and O–H groups in total. The molecular formula is C27H30N4O3S. The number of ketones is 1. The fraction of sp³-hybridized carbons (Fsp3) is 0.407. The van der Waals surface area contributed by atoms with Gasteiger partial charge in [-0.15, -0.1) is 10.2 Å². The van der Waals surface area contributed by atoms with Crippen molar-refractivity contribution in [1.82, 2.24) is 19.7 Å². The van der Waals surface area contributed by atoms with Crippen molar-refractivity contribution < 1.29 is 14.3 Å². The summed E-state index contributed by atoms with van der Waals surface area (Å²) in [6.45, 7) is 8.48. The van der Waals surface area contributed by atoms with Gasteiger partial charge in [-0.2, -0.15) is 0 Å². The summed E-state index contributed by atoms with van der Waals surface area (Å²) in [5, 5.41) is 10.3. The third-order valence-corrected chi connectivity index (χ3v) is 6.45. The minimum Gasteiger partial charge on any atom is -0.486 e. The van der Waals surface area contributed by atoms with E-state index < -0.39 is 0 Å². The van der Waals surface area contributed by atoms with Crippen molar-refractivity contribution in [2.24, 2.45) is 0 Å². The summed E-state index contributed by atoms with van der Waals surface area (Å²) < 4.78 is 13.7. The number of pyridine rings is 1. The molecule has 4 rings (SSSR count). The number of rotatable bonds is 9. The molecule has 0 radical (unpaired) electrons. The van der Waals surface area contributed by atoms with Crippen molar-refractivity contribution in [3.8, 4) is 23.3 Å². The summed E-state index contributed by atoms with van der Waals surface area (Å²) in [4.78, 5) is 16.3. The summed E-state index contributed by atoms with van der Waals surface area (Å²) in [5.41, 5.74) is 2.39. The number of ether oxygens (including phenoxy) is 2. The smallest absolute Gasteiger partial charge is 0.208 e. The molecular weight excluding hydrogens is 460 g/mol. The second-order valence-electron chi connectivity index (χ2n) is 9.41. The fourth-order valence-electron chi connectivity index (χ4n) is 3.21. The quantitative estimate of drug-likeness (QED) is 0.394. The number of hydrogen-bond acceptors (Lipinski definition) is 7. The van der Waals surface area contributed by atoms with Gasteiger partial charge in [-0.1, -0.05) is 17.7 Å². The van der Waals surface area contributed by atoms with Gasteiger partial charge in [0.05, 0.1) is 24.1 Å². The van der Waals surface area contributed by atoms with Crippen LogP contribution >= 0.6 is 11.8 Å². The van der Waals surface area contributed by atoms with E-state index in [1.165, 1.54) is 12.8 Å². The monoisotopic (exact) mass is 490 g/mol. The SMILES string of the molecule is Cc1cc(OCc2nnc(SC3CC3)n2-c2cccnc2)ccc1C#CC(=O)CCOC(C)(C)C. The molecule has 1 aliphatic rings. The van der Waals surface area contributed by atoms with E-state index in [1.807, 2.05) is 62.6 Å². The maximum Gasteiger partial charge on any atom is 0.208 e. The number of benzene rings is 1. The van der Waals surface area contributed by atoms with Crippen molar-refractivity contribution in [3.05, 3.63) is 59.7 Å². The molecule has 8 heteroatoms. The zero-order chi connectivity index (χ0) is 24.8. The van der Waals surface area contributed by atoms with Gasteiger partial charge in [-0.3, -0.25) is 14.3 Å². The summed E-state index contributed by atoms with van der Waals surface area (Å²) in [6, 6.07) is 9.54. The lowest BCUT2D eigenvalue weighted by atomic mass is 10.1. The number of Topliss-reactive ketones (excluding diaryl/α,β-unsaturated/α-hetero) is 1. The molecule has 2 heterocycles. The van der Waals surface area contributed by atoms with E-state index >= 15 is 0 Å². The minimum absolute atomic E-state index is 0.136. The van der Waals surface area contributed by atoms with Crippen LogP contribution in [0.1, 0.15) is 57.0 Å². The predicted octanol–water partition coefficient (Wildman–Crippen LogP) is 4.93. The van der Waals surface area contributed by atoms with Crippen molar-refractivity contribution >= 4 is 17.5 Å². The van der Waals surface area contributed by atoms with Crippen LogP contribution in [0.25, 0.3) is 5.69 Å². The van der Waals surface area contributed by atoms with E-state index in [1.54, 1.807) is 24.2 Å². The Bertz CT molecular complexity index is 1230. The van der Waals surface area contributed by atoms with Gasteiger partial charge < -0.3 is 9.47 Å². The van der Waals surface area contributed by atoms with E-state index in [0.29, 0.717) is 23.4 Å². The number of carbonyl (C=O) groups is 1. The largest absolute Gasteiger partial charge is 0.486 e. The fourth-order valence-corrected chi connectivity index (χ4v) is 4.29. The Morgan fingerprint density at radius 3 is 2.74 bits per heavy atom. The van der Waals surface area contributed by atoms with Crippen LogP contribution in [0, 0.1) is 18.8 Å². The van der Waals surface area contributed by atoms with Crippen LogP contribution in [0.4, 0.5) is 0 Å². The zero-order valence-corrected chi connectivity index (χ0v) is 21.4. The molecule has 1 aromatic carbocycles. The van der Waals surface area contributed by atoms with Gasteiger partial charge in [0.15, 0.2) is 11.0 Å². The molecule has 1 aliphatic carbocycles. The Morgan fingerprint density at radius 2 is 2.06 bits per heavy atom. The van der Waals surface area contributed by atoms with E-state index in [2.05, 4.69) is 27.0 Å². The van der Waals surface area contributed by atoms with Crippen molar-refractivity contribution in [2.75, 3.05) is 6.61 Å². The van der Waals surface area contributed by atoms with Crippen molar-refractivity contribution in [2.45, 2.75) is 69.6 Å². The highest BCUT2D eigenvalue weighted by atomic mass is 32.2. The van der Waals surface area contributed by atoms with Crippen LogP contribution in [0.2, 0.25) is 0 Å². The molecule has 0 spiro atoms. The molecule has 1 saturated carbocycles. The van der Waals surface area contributed by atoms with Gasteiger partial charge in [0.25, 0.3) is 0 Å². The van der Waals surface area contributed by atoms with Gasteiger partial charge in [-0.05, 0) is 82.4 Å². The highest BCUT2D eigenvalue weighted by molar-refractivity contribution is 8.00. The van der Waals surface area contributed by atoms with Gasteiger partial charge in [0.2, 0.25) is 5.78 Å². The summed E-state index contributed by atoms with van der Waals surface area (Å²) >= 11 is 1.75. The normalized spacial score (nSPS) is 13.3. The van der Waals surface area contributed by atoms with Gasteiger partial charge in [-0.25, -0.2) is 0 Å². The minimum atomic E-state index is -0.261. The van der Waals surface area contributed by atoms with E-state index in [0.717, 1.165) is 22.0 Å². The molecule has 0 unspecified atom stereocenters. The second-order valence-corrected chi connectivity index (χ2v) is 10.7. The van der Waals surface area contributed by atoms with Gasteiger partial charge >= 0.3 is 0 Å². The lowest BCUT2D eigenvalue weighted by molar-refractivity contribution is -0.115. The first kappa shape index (κ1) is 25.0. The van der Waals surface area contributed by atoms with Crippen molar-refractivity contribution in [1.29, 1.82) is 0 Å². The van der Waals surface area contributed by atoms with Crippen LogP contribution in [0.5, 0.6) is 5.75 Å². The lowest BCUT2D eigenvalue weighted by Gasteiger charge is -2.18. The van der Waals surface area contributed by atoms with Crippen LogP contribution in [-0.4, -0.2) is 43.0 Å². The van der Waals surface area contributed by atoms with Gasteiger partial charge in [0.1, 0.15) is 12.4 Å². The average Bonchev–Trinajstić information content (AvgIpc) is 3.54. The number of hydrogen-bond donors (Lipinski definition) is 0. The molecule has 7 nitrogen and oxygen atoms in total. The maximum atomic E-state index is 12.1. The Hall–Kier alpha value is -3.15. The zero-order valence-electron chi connectivity index (χ0n) is 20.6. The number of aromatic nitrogens is 4. The first-order chi connectivity index (χ1) is 16.8. The molecule has 2 aromatic heterocycles. The van der Waals surface area contributed by atoms with E-state index in [4.69, 9.17) is 9.47 Å². The maximum absolute atomic E-state index is 12.1. The standard InChI is InChI=1S/C27H30N4O3S/c1-19-16-23(10-8-20(19)7-9-22(32)13-15-34-27(2,3)4)33-18-25-29-30-26(35-24-11-12-24)31(25)21-6-5-14-28-17-21/h5-6,8,10,14,16-17,24H,11-13,15,18H2,1-4H3. The van der Waals surface area contributed by atoms with Gasteiger partial charge in [0, 0.05) is 23.4 Å². The number of nitrogens with zero attached hydrogens (tertiary/aromatic N) is 4. The summed E-state index contributed by atoms with van der Waals surface area (Å²) in [6.07, 6.45) is 6.25. The lowest BCUT2D eigenvalue weighted by Crippen LogP contribution is -2.20. The summed E-state index contributed by atoms with van der Waals surface area (Å²) in [5.74, 6) is 6.97. The van der Waals surface area contributed by atoms with Crippen molar-refractivity contribution in [3.63, 3.8) is 0 Å². The first-order valence-electron chi connectivity index (χ1n) is 11.7. The van der Waals surface area contributed by atoms with Crippen LogP contribution < -0.4 is 4.74 Å². The van der Waals surface area contributed by atoms with Crippen LogP contribution in [0.3, 0.4) is 0 Å². The highest BCUT2D eigenvalue weighted by Gasteiger charge is 2.27. The Balaban J connectivity index is 1.40. The highest BCUT2D eigenvalue weighted by Crippen LogP contribution is 2.39. The molecule has 0 bridgehead atoms. The predicted molar refractivity (Wildman–Crippen MR) is 136 cm³/mol. The number of thioether (sulfide) groups is 1. The third kappa shape index (κ3) is 7.41. The summed E-state index contributed by atoms with van der Waals surface area (Å²) in [7, 11) is 0. The second kappa shape index (κ2) is 11.1. The Morgan fingerprint density at radius 1 is 1.23 bits per heavy atom. The molecule has 0 amide bonds. The molecule has 3 aromatic rings. The van der Waals surface area contributed by atoms with Crippen LogP contribution in [0.15, 0.2) is 47.9 Å². The first-order valence-corrected chi connectivity index (χ1v) is 12.6. The molecule has 35 heavy (non-hydrogen) atoms. The molecule has 0 saturated heterocycles. The number of aryl methyl sites for hydroxylation is 1. The Kier molecular flexibility index (Phi) is 7.89. The van der Waals surface area contributed by atoms with Crippen LogP contribution in [-0.2, 0) is 16.1 Å². The average molecular weight is 491 g/mol. The number of carbonyl (C=O) groups excluding carboxylic acids is 1. The molecule has 0 aliphatic heterocycles. The molecule has 182 valence electrons. The molecule has 1 fully saturated rings. The topological polar surface area (TPSA) is 79.1 Å². The molecule has 0 atom stereocenters. The van der Waals surface area contributed by atoms with E-state index in [-0.39, 0.29) is 24.4 Å². The van der Waals surface area contributed by atoms with E-state index in [9.17, 15) is 4.79 Å².